The van der Waals surface area contributed by atoms with Crippen molar-refractivity contribution >= 4 is 6.08 Å². The lowest BCUT2D eigenvalue weighted by Gasteiger charge is -1.98. The van der Waals surface area contributed by atoms with Crippen LogP contribution in [0, 0.1) is 0 Å². The summed E-state index contributed by atoms with van der Waals surface area (Å²) in [5.41, 5.74) is 1.42. The topological polar surface area (TPSA) is 55.6 Å². The van der Waals surface area contributed by atoms with Gasteiger partial charge in [-0.3, -0.25) is 0 Å². The molecule has 2 heterocycles. The van der Waals surface area contributed by atoms with Gasteiger partial charge in [0, 0.05) is 0 Å². The number of hydrogen-bond acceptors (Lipinski definition) is 4. The number of nitrogens with zero attached hydrogens (tertiary/aromatic N) is 4. The van der Waals surface area contributed by atoms with Gasteiger partial charge in [0.05, 0.1) is 7.05 Å². The standard InChI is InChI=1S/C9H15N5/c1-14-12-9(11-13-14)7-8-3-2-5-10-6-4-8/h7,10H,2-6H2,1H3/b8-7-. The molecule has 1 N–H and O–H groups in total. The summed E-state index contributed by atoms with van der Waals surface area (Å²) >= 11 is 0. The highest BCUT2D eigenvalue weighted by Gasteiger charge is 2.05. The molecule has 5 heteroatoms. The van der Waals surface area contributed by atoms with Gasteiger partial charge in [0.2, 0.25) is 0 Å². The summed E-state index contributed by atoms with van der Waals surface area (Å²) in [6.45, 7) is 2.18. The van der Waals surface area contributed by atoms with Crippen LogP contribution in [0.15, 0.2) is 5.57 Å². The number of rotatable bonds is 1. The minimum atomic E-state index is 0.726. The zero-order valence-electron chi connectivity index (χ0n) is 8.40. The van der Waals surface area contributed by atoms with E-state index in [0.29, 0.717) is 0 Å². The fraction of sp³-hybridized carbons (Fsp3) is 0.667. The molecule has 0 spiro atoms. The Morgan fingerprint density at radius 3 is 3.07 bits per heavy atom. The molecule has 0 radical (unpaired) electrons. The van der Waals surface area contributed by atoms with Crippen molar-refractivity contribution in [2.45, 2.75) is 19.3 Å². The van der Waals surface area contributed by atoms with Crippen molar-refractivity contribution in [2.24, 2.45) is 7.05 Å². The maximum atomic E-state index is 4.13. The van der Waals surface area contributed by atoms with Crippen LogP contribution in [0.3, 0.4) is 0 Å². The van der Waals surface area contributed by atoms with Crippen LogP contribution in [0.2, 0.25) is 0 Å². The van der Waals surface area contributed by atoms with Gasteiger partial charge in [-0.1, -0.05) is 5.57 Å². The average Bonchev–Trinajstić information content (AvgIpc) is 2.43. The first-order valence-electron chi connectivity index (χ1n) is 4.99. The summed E-state index contributed by atoms with van der Waals surface area (Å²) in [6.07, 6.45) is 5.50. The fourth-order valence-electron chi connectivity index (χ4n) is 1.62. The van der Waals surface area contributed by atoms with E-state index in [1.807, 2.05) is 0 Å². The fourth-order valence-corrected chi connectivity index (χ4v) is 1.62. The molecule has 1 aliphatic heterocycles. The maximum absolute atomic E-state index is 4.13. The second-order valence-electron chi connectivity index (χ2n) is 3.54. The van der Waals surface area contributed by atoms with E-state index in [9.17, 15) is 0 Å². The number of aromatic nitrogens is 4. The van der Waals surface area contributed by atoms with Gasteiger partial charge in [0.15, 0.2) is 5.82 Å². The molecular weight excluding hydrogens is 178 g/mol. The van der Waals surface area contributed by atoms with E-state index < -0.39 is 0 Å². The summed E-state index contributed by atoms with van der Waals surface area (Å²) < 4.78 is 0. The van der Waals surface area contributed by atoms with Crippen molar-refractivity contribution in [3.8, 4) is 0 Å². The predicted octanol–water partition coefficient (Wildman–Crippen LogP) is 0.367. The lowest BCUT2D eigenvalue weighted by molar-refractivity contribution is 0.629. The maximum Gasteiger partial charge on any atom is 0.197 e. The van der Waals surface area contributed by atoms with Gasteiger partial charge < -0.3 is 5.32 Å². The molecule has 1 aromatic heterocycles. The molecule has 0 bridgehead atoms. The third-order valence-electron chi connectivity index (χ3n) is 2.33. The van der Waals surface area contributed by atoms with Gasteiger partial charge in [0.1, 0.15) is 0 Å². The Kier molecular flexibility index (Phi) is 2.88. The zero-order chi connectivity index (χ0) is 9.80. The number of aryl methyl sites for hydroxylation is 1. The van der Waals surface area contributed by atoms with Crippen molar-refractivity contribution in [1.29, 1.82) is 0 Å². The SMILES string of the molecule is Cn1nnc(/C=C2/CCCNCC2)n1. The van der Waals surface area contributed by atoms with Crippen molar-refractivity contribution in [1.82, 2.24) is 25.5 Å². The molecule has 5 nitrogen and oxygen atoms in total. The smallest absolute Gasteiger partial charge is 0.197 e. The first-order chi connectivity index (χ1) is 6.84. The predicted molar refractivity (Wildman–Crippen MR) is 53.5 cm³/mol. The molecule has 1 saturated heterocycles. The third-order valence-corrected chi connectivity index (χ3v) is 2.33. The van der Waals surface area contributed by atoms with Crippen molar-refractivity contribution in [3.63, 3.8) is 0 Å². The van der Waals surface area contributed by atoms with E-state index in [1.165, 1.54) is 16.8 Å². The van der Waals surface area contributed by atoms with Crippen LogP contribution in [0.1, 0.15) is 25.1 Å². The second kappa shape index (κ2) is 4.32. The Hall–Kier alpha value is -1.23. The van der Waals surface area contributed by atoms with E-state index in [2.05, 4.69) is 26.8 Å². The minimum Gasteiger partial charge on any atom is -0.316 e. The summed E-state index contributed by atoms with van der Waals surface area (Å²) in [7, 11) is 1.78. The van der Waals surface area contributed by atoms with Gasteiger partial charge in [0.25, 0.3) is 0 Å². The van der Waals surface area contributed by atoms with Gasteiger partial charge in [-0.05, 0) is 43.6 Å². The van der Waals surface area contributed by atoms with Crippen LogP contribution in [-0.4, -0.2) is 33.3 Å². The van der Waals surface area contributed by atoms with Gasteiger partial charge in [-0.2, -0.15) is 4.80 Å². The zero-order valence-corrected chi connectivity index (χ0v) is 8.40. The summed E-state index contributed by atoms with van der Waals surface area (Å²) in [4.78, 5) is 1.49. The molecule has 1 aliphatic rings. The number of hydrogen-bond donors (Lipinski definition) is 1. The van der Waals surface area contributed by atoms with E-state index in [-0.39, 0.29) is 0 Å². The average molecular weight is 193 g/mol. The Balaban J connectivity index is 2.08. The van der Waals surface area contributed by atoms with E-state index in [4.69, 9.17) is 0 Å². The molecule has 14 heavy (non-hydrogen) atoms. The molecule has 76 valence electrons. The first-order valence-corrected chi connectivity index (χ1v) is 4.99. The van der Waals surface area contributed by atoms with E-state index in [1.54, 1.807) is 7.05 Å². The van der Waals surface area contributed by atoms with Crippen LogP contribution in [-0.2, 0) is 7.05 Å². The van der Waals surface area contributed by atoms with Crippen LogP contribution in [0.25, 0.3) is 6.08 Å². The second-order valence-corrected chi connectivity index (χ2v) is 3.54. The van der Waals surface area contributed by atoms with Crippen molar-refractivity contribution in [3.05, 3.63) is 11.4 Å². The lowest BCUT2D eigenvalue weighted by atomic mass is 10.1. The van der Waals surface area contributed by atoms with E-state index in [0.717, 1.165) is 31.8 Å². The van der Waals surface area contributed by atoms with Crippen molar-refractivity contribution < 1.29 is 0 Å². The Labute approximate surface area is 83.2 Å². The molecule has 0 atom stereocenters. The Morgan fingerprint density at radius 1 is 1.36 bits per heavy atom. The number of tetrazole rings is 1. The number of nitrogens with one attached hydrogen (secondary N) is 1. The summed E-state index contributed by atoms with van der Waals surface area (Å²) in [6, 6.07) is 0. The van der Waals surface area contributed by atoms with Gasteiger partial charge in [-0.15, -0.1) is 10.2 Å². The van der Waals surface area contributed by atoms with E-state index >= 15 is 0 Å². The molecule has 0 aromatic carbocycles. The summed E-state index contributed by atoms with van der Waals surface area (Å²) in [5, 5.41) is 15.2. The molecule has 2 rings (SSSR count). The molecule has 0 saturated carbocycles. The van der Waals surface area contributed by atoms with Crippen molar-refractivity contribution in [2.75, 3.05) is 13.1 Å². The van der Waals surface area contributed by atoms with Crippen LogP contribution >= 0.6 is 0 Å². The highest BCUT2D eigenvalue weighted by molar-refractivity contribution is 5.44. The molecule has 1 fully saturated rings. The Bertz CT molecular complexity index is 318. The highest BCUT2D eigenvalue weighted by atomic mass is 15.6. The normalized spacial score (nSPS) is 21.1. The third kappa shape index (κ3) is 2.38. The Morgan fingerprint density at radius 2 is 2.29 bits per heavy atom. The molecule has 0 aliphatic carbocycles. The monoisotopic (exact) mass is 193 g/mol. The summed E-state index contributed by atoms with van der Waals surface area (Å²) in [5.74, 6) is 0.726. The minimum absolute atomic E-state index is 0.726. The highest BCUT2D eigenvalue weighted by Crippen LogP contribution is 2.14. The largest absolute Gasteiger partial charge is 0.316 e. The quantitative estimate of drug-likeness (QED) is 0.700. The molecular formula is C9H15N5. The van der Waals surface area contributed by atoms with Gasteiger partial charge >= 0.3 is 0 Å². The lowest BCUT2D eigenvalue weighted by Crippen LogP contribution is -2.13. The van der Waals surface area contributed by atoms with Crippen LogP contribution < -0.4 is 5.32 Å². The van der Waals surface area contributed by atoms with Crippen LogP contribution in [0.4, 0.5) is 0 Å². The molecule has 0 unspecified atom stereocenters. The molecule has 0 amide bonds. The van der Waals surface area contributed by atoms with Gasteiger partial charge in [-0.25, -0.2) is 0 Å². The van der Waals surface area contributed by atoms with Crippen LogP contribution in [0.5, 0.6) is 0 Å². The molecule has 1 aromatic rings. The first kappa shape index (κ1) is 9.33.